The van der Waals surface area contributed by atoms with E-state index in [0.717, 1.165) is 0 Å². The number of carboxylic acid groups (broad SMARTS) is 1. The molecule has 0 fully saturated rings. The zero-order chi connectivity index (χ0) is 19.2. The van der Waals surface area contributed by atoms with Gasteiger partial charge in [-0.05, 0) is 29.3 Å². The van der Waals surface area contributed by atoms with Crippen LogP contribution in [-0.4, -0.2) is 21.3 Å². The van der Waals surface area contributed by atoms with Crippen molar-refractivity contribution in [2.75, 3.05) is 0 Å². The molecule has 3 aromatic carbocycles. The summed E-state index contributed by atoms with van der Waals surface area (Å²) in [7, 11) is 0. The normalized spacial score (nSPS) is 10.0. The van der Waals surface area contributed by atoms with Gasteiger partial charge in [-0.1, -0.05) is 48.5 Å². The average Bonchev–Trinajstić information content (AvgIpc) is 2.67. The molecule has 3 N–H and O–H groups in total. The van der Waals surface area contributed by atoms with Crippen LogP contribution in [0.3, 0.4) is 0 Å². The fourth-order valence-corrected chi connectivity index (χ4v) is 2.55. The van der Waals surface area contributed by atoms with E-state index in [1.807, 2.05) is 6.07 Å². The Morgan fingerprint density at radius 1 is 0.750 bits per heavy atom. The van der Waals surface area contributed by atoms with Gasteiger partial charge in [0.1, 0.15) is 11.5 Å². The number of nitrogens with zero attached hydrogens (tertiary/aromatic N) is 2. The largest absolute Gasteiger partial charge is 2.00 e. The Kier molecular flexibility index (Phi) is 7.41. The first-order valence-corrected chi connectivity index (χ1v) is 8.30. The van der Waals surface area contributed by atoms with Crippen molar-refractivity contribution >= 4 is 17.3 Å². The van der Waals surface area contributed by atoms with Gasteiger partial charge >= 0.3 is 25.4 Å². The van der Waals surface area contributed by atoms with Crippen LogP contribution in [0.5, 0.6) is 11.5 Å². The summed E-state index contributed by atoms with van der Waals surface area (Å²) in [5.41, 5.74) is 2.32. The van der Waals surface area contributed by atoms with Crippen molar-refractivity contribution in [2.45, 2.75) is 13.1 Å². The van der Waals surface area contributed by atoms with Crippen molar-refractivity contribution < 1.29 is 39.6 Å². The Balaban J connectivity index is 0.00000280. The van der Waals surface area contributed by atoms with E-state index in [2.05, 4.69) is 10.6 Å². The van der Waals surface area contributed by atoms with Gasteiger partial charge in [-0.3, -0.25) is 0 Å². The number of aromatic hydroxyl groups is 2. The molecule has 0 aliphatic rings. The van der Waals surface area contributed by atoms with Gasteiger partial charge in [-0.2, -0.15) is 11.4 Å². The third-order valence-corrected chi connectivity index (χ3v) is 4.05. The van der Waals surface area contributed by atoms with Crippen LogP contribution in [0.25, 0.3) is 10.6 Å². The van der Waals surface area contributed by atoms with Crippen LogP contribution in [-0.2, 0) is 32.6 Å². The molecule has 0 heterocycles. The summed E-state index contributed by atoms with van der Waals surface area (Å²) < 4.78 is 0. The SMILES string of the molecule is O=C(O)c1ccc([N-]Cc2ccccc2O)c([N-]Cc2ccccc2O)c1.[Zn+2]. The second kappa shape index (κ2) is 9.76. The van der Waals surface area contributed by atoms with Crippen LogP contribution in [0, 0.1) is 0 Å². The molecule has 0 atom stereocenters. The molecule has 0 aliphatic heterocycles. The Morgan fingerprint density at radius 2 is 1.25 bits per heavy atom. The van der Waals surface area contributed by atoms with Gasteiger partial charge in [-0.25, -0.2) is 4.79 Å². The smallest absolute Gasteiger partial charge is 0.682 e. The number of carbonyl (C=O) groups is 1. The molecule has 28 heavy (non-hydrogen) atoms. The first-order chi connectivity index (χ1) is 13.0. The molecule has 3 rings (SSSR count). The number of phenolic OH excluding ortho intramolecular Hbond substituents is 2. The number of aromatic carboxylic acids is 1. The molecule has 0 unspecified atom stereocenters. The van der Waals surface area contributed by atoms with E-state index in [1.54, 1.807) is 48.5 Å². The van der Waals surface area contributed by atoms with E-state index >= 15 is 0 Å². The number of para-hydroxylation sites is 2. The topological polar surface area (TPSA) is 106 Å². The van der Waals surface area contributed by atoms with Crippen LogP contribution in [0.15, 0.2) is 66.7 Å². The Bertz CT molecular complexity index is 963. The van der Waals surface area contributed by atoms with Gasteiger partial charge in [0.05, 0.1) is 5.56 Å². The number of hydrogen-bond donors (Lipinski definition) is 3. The summed E-state index contributed by atoms with van der Waals surface area (Å²) in [5.74, 6) is -0.777. The fraction of sp³-hybridized carbons (Fsp3) is 0.0952. The summed E-state index contributed by atoms with van der Waals surface area (Å²) in [4.78, 5) is 11.3. The van der Waals surface area contributed by atoms with Crippen LogP contribution in [0.2, 0.25) is 0 Å². The van der Waals surface area contributed by atoms with Crippen molar-refractivity contribution in [3.05, 3.63) is 94.1 Å². The number of phenols is 2. The van der Waals surface area contributed by atoms with Crippen molar-refractivity contribution in [3.8, 4) is 11.5 Å². The number of benzene rings is 3. The van der Waals surface area contributed by atoms with Crippen LogP contribution < -0.4 is 0 Å². The summed E-state index contributed by atoms with van der Waals surface area (Å²) in [6.45, 7) is 0.424. The molecule has 0 amide bonds. The summed E-state index contributed by atoms with van der Waals surface area (Å²) in [5, 5.41) is 37.9. The predicted molar refractivity (Wildman–Crippen MR) is 103 cm³/mol. The van der Waals surface area contributed by atoms with E-state index < -0.39 is 5.97 Å². The van der Waals surface area contributed by atoms with Gasteiger partial charge in [-0.15, -0.1) is 13.1 Å². The number of carboxylic acids is 1. The van der Waals surface area contributed by atoms with Gasteiger partial charge in [0, 0.05) is 0 Å². The second-order valence-corrected chi connectivity index (χ2v) is 5.90. The van der Waals surface area contributed by atoms with Crippen molar-refractivity contribution in [1.29, 1.82) is 0 Å². The quantitative estimate of drug-likeness (QED) is 0.450. The first-order valence-electron chi connectivity index (χ1n) is 8.30. The van der Waals surface area contributed by atoms with Crippen LogP contribution in [0.4, 0.5) is 11.4 Å². The summed E-state index contributed by atoms with van der Waals surface area (Å²) >= 11 is 0. The zero-order valence-corrected chi connectivity index (χ0v) is 18.1. The Hall–Kier alpha value is -3.05. The van der Waals surface area contributed by atoms with Gasteiger partial charge < -0.3 is 26.0 Å². The van der Waals surface area contributed by atoms with Crippen molar-refractivity contribution in [2.24, 2.45) is 0 Å². The maximum atomic E-state index is 11.3. The molecule has 0 spiro atoms. The van der Waals surface area contributed by atoms with E-state index in [9.17, 15) is 20.1 Å². The minimum absolute atomic E-state index is 0. The van der Waals surface area contributed by atoms with E-state index in [0.29, 0.717) is 22.5 Å². The van der Waals surface area contributed by atoms with Crippen molar-refractivity contribution in [1.82, 2.24) is 0 Å². The van der Waals surface area contributed by atoms with E-state index in [4.69, 9.17) is 0 Å². The standard InChI is InChI=1S/C21H18N2O4.Zn/c24-19-7-3-1-5-15(19)12-22-17-10-9-14(21(26)27)11-18(17)23-13-16-6-2-4-8-20(16)25;/h1-11,24-25H,12-13H2,(H,26,27);/q-2;+2. The predicted octanol–water partition coefficient (Wildman–Crippen LogP) is 5.20. The van der Waals surface area contributed by atoms with Gasteiger partial charge in [0.2, 0.25) is 0 Å². The van der Waals surface area contributed by atoms with Gasteiger partial charge in [0.25, 0.3) is 0 Å². The van der Waals surface area contributed by atoms with Crippen LogP contribution in [0.1, 0.15) is 21.5 Å². The zero-order valence-electron chi connectivity index (χ0n) is 15.1. The average molecular weight is 428 g/mol. The van der Waals surface area contributed by atoms with Crippen molar-refractivity contribution in [3.63, 3.8) is 0 Å². The molecule has 0 saturated heterocycles. The molecule has 0 saturated carbocycles. The minimum Gasteiger partial charge on any atom is -0.682 e. The summed E-state index contributed by atoms with van der Waals surface area (Å²) in [6, 6.07) is 18.2. The molecular formula is C21H18N2O4Zn. The molecule has 6 nitrogen and oxygen atoms in total. The molecule has 0 aliphatic carbocycles. The van der Waals surface area contributed by atoms with Gasteiger partial charge in [0.15, 0.2) is 0 Å². The third-order valence-electron chi connectivity index (χ3n) is 4.05. The van der Waals surface area contributed by atoms with E-state index in [1.165, 1.54) is 12.1 Å². The molecule has 7 heteroatoms. The molecule has 0 radical (unpaired) electrons. The second-order valence-electron chi connectivity index (χ2n) is 5.90. The molecule has 0 aromatic heterocycles. The molecular weight excluding hydrogens is 410 g/mol. The molecule has 0 bridgehead atoms. The van der Waals surface area contributed by atoms with E-state index in [-0.39, 0.29) is 49.6 Å². The minimum atomic E-state index is -1.05. The number of rotatable bonds is 7. The third kappa shape index (κ3) is 5.24. The fourth-order valence-electron chi connectivity index (χ4n) is 2.55. The van der Waals surface area contributed by atoms with Crippen LogP contribution >= 0.6 is 0 Å². The summed E-state index contributed by atoms with van der Waals surface area (Å²) in [6.07, 6.45) is 0. The Labute approximate surface area is 175 Å². The monoisotopic (exact) mass is 426 g/mol. The maximum Gasteiger partial charge on any atom is 2.00 e. The molecule has 3 aromatic rings. The number of hydrogen-bond acceptors (Lipinski definition) is 3. The molecule has 138 valence electrons. The maximum absolute atomic E-state index is 11.3. The first kappa shape index (κ1) is 21.3. The Morgan fingerprint density at radius 3 is 1.75 bits per heavy atom.